The zero-order chi connectivity index (χ0) is 24.2. The van der Waals surface area contributed by atoms with Crippen LogP contribution in [0, 0.1) is 6.92 Å². The summed E-state index contributed by atoms with van der Waals surface area (Å²) >= 11 is 0. The Morgan fingerprint density at radius 3 is 2.40 bits per heavy atom. The molecule has 3 aromatic carbocycles. The van der Waals surface area contributed by atoms with Crippen molar-refractivity contribution in [2.45, 2.75) is 39.0 Å². The number of nitrogens with zero attached hydrogens (tertiary/aromatic N) is 2. The van der Waals surface area contributed by atoms with Gasteiger partial charge in [0.2, 0.25) is 5.91 Å². The molecule has 0 spiro atoms. The van der Waals surface area contributed by atoms with Crippen LogP contribution in [0.25, 0.3) is 10.9 Å². The molecule has 35 heavy (non-hydrogen) atoms. The number of para-hydroxylation sites is 2. The molecule has 1 aliphatic heterocycles. The van der Waals surface area contributed by atoms with E-state index in [0.717, 1.165) is 39.0 Å². The normalized spacial score (nSPS) is 14.9. The third-order valence-electron chi connectivity index (χ3n) is 7.49. The predicted octanol–water partition coefficient (Wildman–Crippen LogP) is 6.10. The standard InChI is InChI=1S/C31H35N3O/c1-3-25-13-9-14-27-28(22-32-31(25)27)26(20-24-11-5-4-6-12-24)21-30(35)34-18-16-33(17-19-34)29-15-8-7-10-23(29)2/h4-15,22,26,32H,3,16-21H2,1-2H3/t26-/m0/s1. The second-order valence-corrected chi connectivity index (χ2v) is 9.68. The molecule has 0 aliphatic carbocycles. The number of hydrogen-bond donors (Lipinski definition) is 1. The van der Waals surface area contributed by atoms with E-state index in [2.05, 4.69) is 108 Å². The molecule has 1 aliphatic rings. The molecule has 1 aromatic heterocycles. The third-order valence-corrected chi connectivity index (χ3v) is 7.49. The van der Waals surface area contributed by atoms with Gasteiger partial charge in [-0.15, -0.1) is 0 Å². The van der Waals surface area contributed by atoms with Crippen LogP contribution in [-0.4, -0.2) is 42.0 Å². The number of carbonyl (C=O) groups is 1. The number of anilines is 1. The first kappa shape index (κ1) is 23.2. The minimum atomic E-state index is 0.139. The van der Waals surface area contributed by atoms with Crippen LogP contribution in [-0.2, 0) is 17.6 Å². The highest BCUT2D eigenvalue weighted by Gasteiger charge is 2.26. The van der Waals surface area contributed by atoms with Gasteiger partial charge in [-0.1, -0.05) is 73.7 Å². The van der Waals surface area contributed by atoms with E-state index in [4.69, 9.17) is 0 Å². The molecule has 1 N–H and O–H groups in total. The van der Waals surface area contributed by atoms with Crippen LogP contribution in [0.4, 0.5) is 5.69 Å². The van der Waals surface area contributed by atoms with Crippen molar-refractivity contribution in [3.05, 3.63) is 101 Å². The fraction of sp³-hybridized carbons (Fsp3) is 0.323. The van der Waals surface area contributed by atoms with Gasteiger partial charge in [-0.25, -0.2) is 0 Å². The van der Waals surface area contributed by atoms with Gasteiger partial charge < -0.3 is 14.8 Å². The van der Waals surface area contributed by atoms with Gasteiger partial charge in [-0.05, 0) is 54.0 Å². The summed E-state index contributed by atoms with van der Waals surface area (Å²) in [7, 11) is 0. The monoisotopic (exact) mass is 465 g/mol. The van der Waals surface area contributed by atoms with Crippen molar-refractivity contribution in [2.75, 3.05) is 31.1 Å². The Morgan fingerprint density at radius 1 is 0.914 bits per heavy atom. The lowest BCUT2D eigenvalue weighted by Gasteiger charge is -2.37. The van der Waals surface area contributed by atoms with Crippen molar-refractivity contribution in [1.29, 1.82) is 0 Å². The van der Waals surface area contributed by atoms with Crippen molar-refractivity contribution < 1.29 is 4.79 Å². The number of fused-ring (bicyclic) bond motifs is 1. The summed E-state index contributed by atoms with van der Waals surface area (Å²) in [6.45, 7) is 7.67. The van der Waals surface area contributed by atoms with E-state index < -0.39 is 0 Å². The molecule has 4 heteroatoms. The molecular formula is C31H35N3O. The first-order valence-corrected chi connectivity index (χ1v) is 12.8. The Morgan fingerprint density at radius 2 is 1.66 bits per heavy atom. The topological polar surface area (TPSA) is 39.3 Å². The average molecular weight is 466 g/mol. The molecule has 0 unspecified atom stereocenters. The van der Waals surface area contributed by atoms with Gasteiger partial charge in [0.1, 0.15) is 0 Å². The Labute approximate surface area is 208 Å². The molecule has 1 amide bonds. The summed E-state index contributed by atoms with van der Waals surface area (Å²) in [5.41, 5.74) is 7.64. The zero-order valence-electron chi connectivity index (χ0n) is 20.8. The number of carbonyl (C=O) groups excluding carboxylic acids is 1. The Bertz CT molecular complexity index is 1290. The van der Waals surface area contributed by atoms with Crippen LogP contribution in [0.2, 0.25) is 0 Å². The lowest BCUT2D eigenvalue weighted by atomic mass is 9.88. The lowest BCUT2D eigenvalue weighted by molar-refractivity contribution is -0.131. The van der Waals surface area contributed by atoms with Crippen LogP contribution in [0.5, 0.6) is 0 Å². The quantitative estimate of drug-likeness (QED) is 0.358. The highest BCUT2D eigenvalue weighted by molar-refractivity contribution is 5.87. The molecule has 0 bridgehead atoms. The van der Waals surface area contributed by atoms with Crippen LogP contribution >= 0.6 is 0 Å². The number of aromatic amines is 1. The number of benzene rings is 3. The minimum Gasteiger partial charge on any atom is -0.368 e. The average Bonchev–Trinajstić information content (AvgIpc) is 3.34. The van der Waals surface area contributed by atoms with E-state index in [0.29, 0.717) is 6.42 Å². The molecule has 1 fully saturated rings. The Kier molecular flexibility index (Phi) is 6.89. The van der Waals surface area contributed by atoms with Gasteiger partial charge in [0.05, 0.1) is 0 Å². The smallest absolute Gasteiger partial charge is 0.223 e. The molecule has 4 aromatic rings. The van der Waals surface area contributed by atoms with Gasteiger partial charge in [-0.3, -0.25) is 4.79 Å². The number of nitrogens with one attached hydrogen (secondary N) is 1. The summed E-state index contributed by atoms with van der Waals surface area (Å²) in [6.07, 6.45) is 4.52. The van der Waals surface area contributed by atoms with Crippen LogP contribution in [0.1, 0.15) is 41.5 Å². The zero-order valence-corrected chi connectivity index (χ0v) is 20.8. The molecule has 4 nitrogen and oxygen atoms in total. The first-order valence-electron chi connectivity index (χ1n) is 12.8. The highest BCUT2D eigenvalue weighted by Crippen LogP contribution is 2.33. The fourth-order valence-electron chi connectivity index (χ4n) is 5.52. The predicted molar refractivity (Wildman–Crippen MR) is 145 cm³/mol. The molecule has 1 saturated heterocycles. The molecule has 0 radical (unpaired) electrons. The second kappa shape index (κ2) is 10.4. The van der Waals surface area contributed by atoms with E-state index >= 15 is 0 Å². The second-order valence-electron chi connectivity index (χ2n) is 9.68. The van der Waals surface area contributed by atoms with Gasteiger partial charge >= 0.3 is 0 Å². The van der Waals surface area contributed by atoms with E-state index in [-0.39, 0.29) is 11.8 Å². The molecule has 5 rings (SSSR count). The minimum absolute atomic E-state index is 0.139. The number of piperazine rings is 1. The molecule has 1 atom stereocenters. The van der Waals surface area contributed by atoms with Gasteiger partial charge in [0.15, 0.2) is 0 Å². The van der Waals surface area contributed by atoms with Crippen LogP contribution < -0.4 is 4.90 Å². The van der Waals surface area contributed by atoms with E-state index in [1.807, 2.05) is 0 Å². The summed E-state index contributed by atoms with van der Waals surface area (Å²) in [6, 6.07) is 25.6. The number of rotatable bonds is 7. The van der Waals surface area contributed by atoms with Crippen molar-refractivity contribution in [3.63, 3.8) is 0 Å². The molecule has 180 valence electrons. The maximum absolute atomic E-state index is 13.6. The van der Waals surface area contributed by atoms with Gasteiger partial charge in [0.25, 0.3) is 0 Å². The molecule has 0 saturated carbocycles. The summed E-state index contributed by atoms with van der Waals surface area (Å²) in [5.74, 6) is 0.400. The van der Waals surface area contributed by atoms with Gasteiger partial charge in [-0.2, -0.15) is 0 Å². The first-order chi connectivity index (χ1) is 17.1. The maximum atomic E-state index is 13.6. The van der Waals surface area contributed by atoms with E-state index in [1.54, 1.807) is 0 Å². The molecule has 2 heterocycles. The Hall–Kier alpha value is -3.53. The Balaban J connectivity index is 1.35. The summed E-state index contributed by atoms with van der Waals surface area (Å²) < 4.78 is 0. The number of aryl methyl sites for hydroxylation is 2. The maximum Gasteiger partial charge on any atom is 0.223 e. The van der Waals surface area contributed by atoms with Crippen LogP contribution in [0.3, 0.4) is 0 Å². The summed E-state index contributed by atoms with van der Waals surface area (Å²) in [4.78, 5) is 21.6. The van der Waals surface area contributed by atoms with Crippen molar-refractivity contribution in [3.8, 4) is 0 Å². The van der Waals surface area contributed by atoms with Gasteiger partial charge in [0, 0.05) is 55.4 Å². The van der Waals surface area contributed by atoms with Crippen molar-refractivity contribution in [2.24, 2.45) is 0 Å². The largest absolute Gasteiger partial charge is 0.368 e. The van der Waals surface area contributed by atoms with E-state index in [1.165, 1.54) is 38.8 Å². The third kappa shape index (κ3) is 4.97. The number of amides is 1. The van der Waals surface area contributed by atoms with Crippen molar-refractivity contribution in [1.82, 2.24) is 9.88 Å². The lowest BCUT2D eigenvalue weighted by Crippen LogP contribution is -2.49. The fourth-order valence-corrected chi connectivity index (χ4v) is 5.52. The summed E-state index contributed by atoms with van der Waals surface area (Å²) in [5, 5.41) is 1.25. The van der Waals surface area contributed by atoms with E-state index in [9.17, 15) is 4.79 Å². The number of aromatic nitrogens is 1. The van der Waals surface area contributed by atoms with Crippen molar-refractivity contribution >= 4 is 22.5 Å². The SMILES string of the molecule is CCc1cccc2c([C@H](CC(=O)N3CCN(c4ccccc4C)CC3)Cc3ccccc3)c[nH]c12. The molecular weight excluding hydrogens is 430 g/mol. The number of H-pyrrole nitrogens is 1. The number of hydrogen-bond acceptors (Lipinski definition) is 2. The highest BCUT2D eigenvalue weighted by atomic mass is 16.2. The van der Waals surface area contributed by atoms with Crippen LogP contribution in [0.15, 0.2) is 79.0 Å².